The maximum atomic E-state index is 13.2. The molecule has 2 heterocycles. The molecule has 0 atom stereocenters. The average molecular weight is 376 g/mol. The lowest BCUT2D eigenvalue weighted by molar-refractivity contribution is 0.0737. The van der Waals surface area contributed by atoms with Gasteiger partial charge in [-0.2, -0.15) is 5.10 Å². The van der Waals surface area contributed by atoms with E-state index in [4.69, 9.17) is 4.74 Å². The molecule has 1 aliphatic heterocycles. The number of rotatable bonds is 4. The Morgan fingerprint density at radius 3 is 2.36 bits per heavy atom. The van der Waals surface area contributed by atoms with Gasteiger partial charge in [-0.05, 0) is 37.3 Å². The second-order valence-corrected chi connectivity index (χ2v) is 6.90. The Kier molecular flexibility index (Phi) is 5.02. The Morgan fingerprint density at radius 1 is 0.929 bits per heavy atom. The van der Waals surface area contributed by atoms with Crippen molar-refractivity contribution in [3.8, 4) is 11.4 Å². The molecule has 1 aliphatic rings. The van der Waals surface area contributed by atoms with E-state index < -0.39 is 0 Å². The number of para-hydroxylation sites is 1. The van der Waals surface area contributed by atoms with Crippen LogP contribution in [0.25, 0.3) is 5.69 Å². The summed E-state index contributed by atoms with van der Waals surface area (Å²) in [6.07, 6.45) is 0. The van der Waals surface area contributed by atoms with Crippen LogP contribution in [0, 0.1) is 6.92 Å². The maximum Gasteiger partial charge on any atom is 0.272 e. The quantitative estimate of drug-likeness (QED) is 0.702. The minimum absolute atomic E-state index is 0.0229. The molecule has 0 spiro atoms. The number of amides is 1. The molecular formula is C22H24N4O2. The summed E-state index contributed by atoms with van der Waals surface area (Å²) >= 11 is 0. The third kappa shape index (κ3) is 3.58. The lowest BCUT2D eigenvalue weighted by atomic mass is 10.2. The van der Waals surface area contributed by atoms with Crippen LogP contribution in [0.2, 0.25) is 0 Å². The number of aromatic nitrogens is 2. The largest absolute Gasteiger partial charge is 0.497 e. The van der Waals surface area contributed by atoms with Crippen LogP contribution in [0.3, 0.4) is 0 Å². The monoisotopic (exact) mass is 376 g/mol. The number of anilines is 1. The van der Waals surface area contributed by atoms with E-state index in [1.807, 2.05) is 66.4 Å². The molecule has 6 nitrogen and oxygen atoms in total. The minimum Gasteiger partial charge on any atom is -0.497 e. The zero-order valence-corrected chi connectivity index (χ0v) is 16.2. The Labute approximate surface area is 164 Å². The summed E-state index contributed by atoms with van der Waals surface area (Å²) in [6.45, 7) is 4.84. The molecule has 144 valence electrons. The van der Waals surface area contributed by atoms with Gasteiger partial charge >= 0.3 is 0 Å². The van der Waals surface area contributed by atoms with Gasteiger partial charge in [0.25, 0.3) is 5.91 Å². The first-order valence-corrected chi connectivity index (χ1v) is 9.46. The molecule has 3 aromatic rings. The van der Waals surface area contributed by atoms with Gasteiger partial charge in [-0.1, -0.05) is 24.3 Å². The molecule has 28 heavy (non-hydrogen) atoms. The average Bonchev–Trinajstić information content (AvgIpc) is 3.15. The highest BCUT2D eigenvalue weighted by molar-refractivity contribution is 5.93. The van der Waals surface area contributed by atoms with E-state index in [-0.39, 0.29) is 5.91 Å². The first-order chi connectivity index (χ1) is 13.7. The highest BCUT2D eigenvalue weighted by Crippen LogP contribution is 2.23. The van der Waals surface area contributed by atoms with Crippen LogP contribution in [-0.4, -0.2) is 53.9 Å². The first-order valence-electron chi connectivity index (χ1n) is 9.46. The summed E-state index contributed by atoms with van der Waals surface area (Å²) < 4.78 is 7.06. The molecule has 0 bridgehead atoms. The highest BCUT2D eigenvalue weighted by Gasteiger charge is 2.25. The van der Waals surface area contributed by atoms with Crippen molar-refractivity contribution in [3.63, 3.8) is 0 Å². The SMILES string of the molecule is COc1cccc(N2CCN(C(=O)c3cc(C)nn3-c3ccccc3)CC2)c1. The smallest absolute Gasteiger partial charge is 0.272 e. The molecule has 6 heteroatoms. The zero-order chi connectivity index (χ0) is 19.5. The van der Waals surface area contributed by atoms with Gasteiger partial charge in [-0.25, -0.2) is 4.68 Å². The highest BCUT2D eigenvalue weighted by atomic mass is 16.5. The molecular weight excluding hydrogens is 352 g/mol. The van der Waals surface area contributed by atoms with E-state index in [0.717, 1.165) is 35.9 Å². The number of ether oxygens (including phenoxy) is 1. The Bertz CT molecular complexity index is 960. The summed E-state index contributed by atoms with van der Waals surface area (Å²) in [5, 5.41) is 4.52. The van der Waals surface area contributed by atoms with Crippen LogP contribution in [0.4, 0.5) is 5.69 Å². The Hall–Kier alpha value is -3.28. The molecule has 1 saturated heterocycles. The van der Waals surface area contributed by atoms with Gasteiger partial charge < -0.3 is 14.5 Å². The van der Waals surface area contributed by atoms with Gasteiger partial charge in [0.2, 0.25) is 0 Å². The fraction of sp³-hybridized carbons (Fsp3) is 0.273. The number of carbonyl (C=O) groups is 1. The summed E-state index contributed by atoms with van der Waals surface area (Å²) in [6, 6.07) is 19.7. The van der Waals surface area contributed by atoms with Crippen molar-refractivity contribution in [2.45, 2.75) is 6.92 Å². The van der Waals surface area contributed by atoms with Crippen LogP contribution >= 0.6 is 0 Å². The second-order valence-electron chi connectivity index (χ2n) is 6.90. The van der Waals surface area contributed by atoms with Crippen LogP contribution in [-0.2, 0) is 0 Å². The molecule has 0 radical (unpaired) electrons. The molecule has 0 N–H and O–H groups in total. The fourth-order valence-corrected chi connectivity index (χ4v) is 3.55. The number of hydrogen-bond donors (Lipinski definition) is 0. The topological polar surface area (TPSA) is 50.6 Å². The minimum atomic E-state index is 0.0229. The van der Waals surface area contributed by atoms with Crippen molar-refractivity contribution < 1.29 is 9.53 Å². The molecule has 0 unspecified atom stereocenters. The van der Waals surface area contributed by atoms with Gasteiger partial charge in [0.15, 0.2) is 0 Å². The normalized spacial score (nSPS) is 14.2. The lowest BCUT2D eigenvalue weighted by Gasteiger charge is -2.36. The number of nitrogens with zero attached hydrogens (tertiary/aromatic N) is 4. The standard InChI is InChI=1S/C22H24N4O2/c1-17-15-21(26(23-17)18-7-4-3-5-8-18)22(27)25-13-11-24(12-14-25)19-9-6-10-20(16-19)28-2/h3-10,15-16H,11-14H2,1-2H3. The van der Waals surface area contributed by atoms with E-state index in [1.54, 1.807) is 11.8 Å². The Morgan fingerprint density at radius 2 is 1.64 bits per heavy atom. The first kappa shape index (κ1) is 18.1. The molecule has 2 aromatic carbocycles. The van der Waals surface area contributed by atoms with Crippen LogP contribution in [0.5, 0.6) is 5.75 Å². The molecule has 1 aromatic heterocycles. The van der Waals surface area contributed by atoms with Gasteiger partial charge in [0.1, 0.15) is 11.4 Å². The molecule has 0 aliphatic carbocycles. The number of aryl methyl sites for hydroxylation is 1. The molecule has 0 saturated carbocycles. The van der Waals surface area contributed by atoms with E-state index in [9.17, 15) is 4.79 Å². The van der Waals surface area contributed by atoms with Gasteiger partial charge in [0, 0.05) is 37.9 Å². The van der Waals surface area contributed by atoms with Crippen molar-refractivity contribution in [1.29, 1.82) is 0 Å². The number of piperazine rings is 1. The van der Waals surface area contributed by atoms with E-state index in [2.05, 4.69) is 16.1 Å². The third-order valence-electron chi connectivity index (χ3n) is 5.04. The summed E-state index contributed by atoms with van der Waals surface area (Å²) in [5.74, 6) is 0.869. The lowest BCUT2D eigenvalue weighted by Crippen LogP contribution is -2.49. The molecule has 4 rings (SSSR count). The van der Waals surface area contributed by atoms with Crippen molar-refractivity contribution >= 4 is 11.6 Å². The predicted molar refractivity (Wildman–Crippen MR) is 109 cm³/mol. The Balaban J connectivity index is 1.49. The summed E-state index contributed by atoms with van der Waals surface area (Å²) in [7, 11) is 1.67. The zero-order valence-electron chi connectivity index (χ0n) is 16.2. The van der Waals surface area contributed by atoms with Gasteiger partial charge in [-0.15, -0.1) is 0 Å². The van der Waals surface area contributed by atoms with Crippen molar-refractivity contribution in [2.75, 3.05) is 38.2 Å². The van der Waals surface area contributed by atoms with Gasteiger partial charge in [0.05, 0.1) is 18.5 Å². The fourth-order valence-electron chi connectivity index (χ4n) is 3.55. The van der Waals surface area contributed by atoms with Gasteiger partial charge in [-0.3, -0.25) is 4.79 Å². The van der Waals surface area contributed by atoms with Crippen LogP contribution in [0.15, 0.2) is 60.7 Å². The summed E-state index contributed by atoms with van der Waals surface area (Å²) in [5.41, 5.74) is 3.46. The third-order valence-corrected chi connectivity index (χ3v) is 5.04. The predicted octanol–water partition coefficient (Wildman–Crippen LogP) is 3.15. The van der Waals surface area contributed by atoms with E-state index >= 15 is 0 Å². The number of benzene rings is 2. The second kappa shape index (κ2) is 7.76. The number of hydrogen-bond acceptors (Lipinski definition) is 4. The molecule has 1 fully saturated rings. The van der Waals surface area contributed by atoms with Crippen molar-refractivity contribution in [3.05, 3.63) is 72.1 Å². The summed E-state index contributed by atoms with van der Waals surface area (Å²) in [4.78, 5) is 17.4. The maximum absolute atomic E-state index is 13.2. The van der Waals surface area contributed by atoms with Crippen LogP contribution in [0.1, 0.15) is 16.2 Å². The number of carbonyl (C=O) groups excluding carboxylic acids is 1. The van der Waals surface area contributed by atoms with Crippen LogP contribution < -0.4 is 9.64 Å². The van der Waals surface area contributed by atoms with Crippen molar-refractivity contribution in [1.82, 2.24) is 14.7 Å². The molecule has 1 amide bonds. The van der Waals surface area contributed by atoms with E-state index in [1.165, 1.54) is 0 Å². The number of methoxy groups -OCH3 is 1. The van der Waals surface area contributed by atoms with E-state index in [0.29, 0.717) is 18.8 Å². The van der Waals surface area contributed by atoms with Crippen molar-refractivity contribution in [2.24, 2.45) is 0 Å².